The number of aromatic nitrogens is 3. The molecule has 35 heavy (non-hydrogen) atoms. The third-order valence-corrected chi connectivity index (χ3v) is 6.55. The molecule has 4 rings (SSSR count). The number of rotatable bonds is 5. The Morgan fingerprint density at radius 3 is 2.29 bits per heavy atom. The van der Waals surface area contributed by atoms with Gasteiger partial charge in [0.25, 0.3) is 0 Å². The van der Waals surface area contributed by atoms with Gasteiger partial charge in [0.2, 0.25) is 6.41 Å². The van der Waals surface area contributed by atoms with Crippen molar-refractivity contribution in [1.82, 2.24) is 19.7 Å². The molecule has 2 saturated heterocycles. The predicted molar refractivity (Wildman–Crippen MR) is 145 cm³/mol. The standard InChI is InChI=1S/C16H22N2.C11H17N3O.C2H6/c1-3-4-5-6-15-7-8-16(17-13-15)18-11-9-14(2)10-12-18;1-2-10-7-12-14(8-10)11-3-5-13(9-15)6-4-11;1-2/h7-8,13-14H,3-4,9-12H2,1-2H3;7-9,11H,2-6H2,1H3;1-2H3. The van der Waals surface area contributed by atoms with Gasteiger partial charge in [0.1, 0.15) is 5.82 Å². The van der Waals surface area contributed by atoms with Crippen molar-refractivity contribution < 1.29 is 4.79 Å². The molecule has 0 aromatic carbocycles. The molecule has 0 N–H and O–H groups in total. The van der Waals surface area contributed by atoms with Gasteiger partial charge in [0.15, 0.2) is 0 Å². The first kappa shape index (κ1) is 28.4. The fourth-order valence-electron chi connectivity index (χ4n) is 4.19. The Kier molecular flexibility index (Phi) is 13.0. The lowest BCUT2D eigenvalue weighted by Gasteiger charge is -2.31. The summed E-state index contributed by atoms with van der Waals surface area (Å²) >= 11 is 0. The number of anilines is 1. The lowest BCUT2D eigenvalue weighted by molar-refractivity contribution is -0.119. The number of hydrogen-bond donors (Lipinski definition) is 0. The molecule has 2 aromatic heterocycles. The summed E-state index contributed by atoms with van der Waals surface area (Å²) in [5.74, 6) is 8.27. The van der Waals surface area contributed by atoms with Crippen LogP contribution >= 0.6 is 0 Å². The largest absolute Gasteiger partial charge is 0.357 e. The number of carbonyl (C=O) groups excluding carboxylic acids is 1. The van der Waals surface area contributed by atoms with Crippen LogP contribution in [0.1, 0.15) is 90.3 Å². The van der Waals surface area contributed by atoms with Gasteiger partial charge < -0.3 is 9.80 Å². The summed E-state index contributed by atoms with van der Waals surface area (Å²) in [6.07, 6.45) is 14.6. The van der Waals surface area contributed by atoms with E-state index in [4.69, 9.17) is 0 Å². The first-order valence-electron chi connectivity index (χ1n) is 13.5. The molecule has 192 valence electrons. The molecule has 0 bridgehead atoms. The van der Waals surface area contributed by atoms with Crippen LogP contribution in [0.25, 0.3) is 0 Å². The van der Waals surface area contributed by atoms with Crippen molar-refractivity contribution >= 4 is 12.2 Å². The lowest BCUT2D eigenvalue weighted by Crippen LogP contribution is -2.33. The number of aryl methyl sites for hydroxylation is 1. The van der Waals surface area contributed by atoms with Gasteiger partial charge in [-0.2, -0.15) is 5.10 Å². The molecule has 0 atom stereocenters. The highest BCUT2D eigenvalue weighted by Crippen LogP contribution is 2.22. The Balaban J connectivity index is 0.000000234. The maximum Gasteiger partial charge on any atom is 0.209 e. The van der Waals surface area contributed by atoms with Crippen LogP contribution in [0.2, 0.25) is 0 Å². The molecule has 2 aromatic rings. The fraction of sp³-hybridized carbons (Fsp3) is 0.621. The van der Waals surface area contributed by atoms with Gasteiger partial charge in [0.05, 0.1) is 12.2 Å². The molecule has 0 spiro atoms. The molecule has 4 heterocycles. The zero-order valence-corrected chi connectivity index (χ0v) is 22.5. The minimum atomic E-state index is 0.474. The summed E-state index contributed by atoms with van der Waals surface area (Å²) in [5, 5.41) is 4.37. The Hall–Kier alpha value is -2.81. The number of piperidine rings is 2. The van der Waals surface area contributed by atoms with Gasteiger partial charge >= 0.3 is 0 Å². The number of hydrogen-bond acceptors (Lipinski definition) is 4. The normalized spacial score (nSPS) is 16.3. The molecule has 6 heteroatoms. The summed E-state index contributed by atoms with van der Waals surface area (Å²) < 4.78 is 2.06. The number of nitrogens with zero attached hydrogens (tertiary/aromatic N) is 5. The molecule has 0 radical (unpaired) electrons. The molecule has 0 saturated carbocycles. The molecule has 2 aliphatic heterocycles. The van der Waals surface area contributed by atoms with Gasteiger partial charge in [-0.05, 0) is 62.1 Å². The van der Waals surface area contributed by atoms with Crippen LogP contribution in [0.15, 0.2) is 30.7 Å². The van der Waals surface area contributed by atoms with Crippen molar-refractivity contribution in [2.45, 2.75) is 85.6 Å². The highest BCUT2D eigenvalue weighted by Gasteiger charge is 2.20. The summed E-state index contributed by atoms with van der Waals surface area (Å²) in [6, 6.07) is 4.66. The molecular formula is C29H45N5O. The van der Waals surface area contributed by atoms with E-state index in [1.165, 1.54) is 18.4 Å². The second-order valence-corrected chi connectivity index (χ2v) is 9.18. The third kappa shape index (κ3) is 9.39. The van der Waals surface area contributed by atoms with E-state index in [1.807, 2.05) is 31.1 Å². The summed E-state index contributed by atoms with van der Waals surface area (Å²) in [7, 11) is 0. The molecule has 0 unspecified atom stereocenters. The minimum Gasteiger partial charge on any atom is -0.357 e. The van der Waals surface area contributed by atoms with Crippen LogP contribution in [0.5, 0.6) is 0 Å². The molecule has 2 aliphatic rings. The van der Waals surface area contributed by atoms with Crippen molar-refractivity contribution in [2.75, 3.05) is 31.1 Å². The number of pyridine rings is 1. The van der Waals surface area contributed by atoms with Gasteiger partial charge in [-0.3, -0.25) is 9.48 Å². The average molecular weight is 480 g/mol. The summed E-state index contributed by atoms with van der Waals surface area (Å²) in [5.41, 5.74) is 2.31. The zero-order valence-electron chi connectivity index (χ0n) is 22.5. The smallest absolute Gasteiger partial charge is 0.209 e. The van der Waals surface area contributed by atoms with Gasteiger partial charge in [0, 0.05) is 50.6 Å². The van der Waals surface area contributed by atoms with E-state index in [1.54, 1.807) is 0 Å². The van der Waals surface area contributed by atoms with E-state index in [0.29, 0.717) is 6.04 Å². The Labute approximate surface area is 213 Å². The van der Waals surface area contributed by atoms with Crippen molar-refractivity contribution in [3.63, 3.8) is 0 Å². The topological polar surface area (TPSA) is 54.3 Å². The van der Waals surface area contributed by atoms with Crippen molar-refractivity contribution in [3.8, 4) is 11.8 Å². The number of amides is 1. The van der Waals surface area contributed by atoms with E-state index in [9.17, 15) is 4.79 Å². The molecule has 2 fully saturated rings. The van der Waals surface area contributed by atoms with Crippen molar-refractivity contribution in [2.24, 2.45) is 5.92 Å². The first-order valence-corrected chi connectivity index (χ1v) is 13.5. The van der Waals surface area contributed by atoms with Crippen LogP contribution in [-0.4, -0.2) is 52.3 Å². The Bertz CT molecular complexity index is 895. The van der Waals surface area contributed by atoms with Crippen LogP contribution < -0.4 is 4.90 Å². The van der Waals surface area contributed by atoms with E-state index < -0.39 is 0 Å². The summed E-state index contributed by atoms with van der Waals surface area (Å²) in [6.45, 7) is 14.6. The maximum atomic E-state index is 10.6. The highest BCUT2D eigenvalue weighted by atomic mass is 16.1. The average Bonchev–Trinajstić information content (AvgIpc) is 3.41. The monoisotopic (exact) mass is 479 g/mol. The van der Waals surface area contributed by atoms with Crippen molar-refractivity contribution in [3.05, 3.63) is 41.9 Å². The fourth-order valence-corrected chi connectivity index (χ4v) is 4.19. The second kappa shape index (κ2) is 16.0. The van der Waals surface area contributed by atoms with E-state index >= 15 is 0 Å². The zero-order chi connectivity index (χ0) is 25.5. The maximum absolute atomic E-state index is 10.6. The second-order valence-electron chi connectivity index (χ2n) is 9.18. The van der Waals surface area contributed by atoms with Crippen LogP contribution in [0.3, 0.4) is 0 Å². The number of carbonyl (C=O) groups is 1. The van der Waals surface area contributed by atoms with Gasteiger partial charge in [-0.15, -0.1) is 0 Å². The van der Waals surface area contributed by atoms with E-state index in [-0.39, 0.29) is 0 Å². The molecule has 6 nitrogen and oxygen atoms in total. The quantitative estimate of drug-likeness (QED) is 0.406. The highest BCUT2D eigenvalue weighted by molar-refractivity contribution is 5.47. The first-order chi connectivity index (χ1) is 17.1. The summed E-state index contributed by atoms with van der Waals surface area (Å²) in [4.78, 5) is 19.3. The van der Waals surface area contributed by atoms with E-state index in [2.05, 4.69) is 70.6 Å². The molecule has 1 amide bonds. The van der Waals surface area contributed by atoms with Crippen molar-refractivity contribution in [1.29, 1.82) is 0 Å². The molecule has 0 aliphatic carbocycles. The number of unbranched alkanes of at least 4 members (excludes halogenated alkanes) is 1. The van der Waals surface area contributed by atoms with Crippen LogP contribution in [0, 0.1) is 17.8 Å². The van der Waals surface area contributed by atoms with Crippen LogP contribution in [0.4, 0.5) is 5.82 Å². The lowest BCUT2D eigenvalue weighted by atomic mass is 9.99. The SMILES string of the molecule is CC.CCCC#Cc1ccc(N2CCC(C)CC2)nc1.CCc1cnn(C2CCN(C=O)CC2)c1. The van der Waals surface area contributed by atoms with Crippen LogP contribution in [-0.2, 0) is 11.2 Å². The Morgan fingerprint density at radius 2 is 1.74 bits per heavy atom. The van der Waals surface area contributed by atoms with Gasteiger partial charge in [-0.1, -0.05) is 46.5 Å². The predicted octanol–water partition coefficient (Wildman–Crippen LogP) is 5.73. The Morgan fingerprint density at radius 1 is 1.03 bits per heavy atom. The minimum absolute atomic E-state index is 0.474. The third-order valence-electron chi connectivity index (χ3n) is 6.55. The molecular weight excluding hydrogens is 434 g/mol. The van der Waals surface area contributed by atoms with Gasteiger partial charge in [-0.25, -0.2) is 4.98 Å². The number of likely N-dealkylation sites (tertiary alicyclic amines) is 1. The van der Waals surface area contributed by atoms with E-state index in [0.717, 1.165) is 82.0 Å².